The number of amides is 2. The Balaban J connectivity index is 1.25. The van der Waals surface area contributed by atoms with Crippen LogP contribution in [0.1, 0.15) is 30.2 Å². The van der Waals surface area contributed by atoms with E-state index in [2.05, 4.69) is 10.3 Å². The van der Waals surface area contributed by atoms with Crippen LogP contribution in [0.25, 0.3) is 11.1 Å². The van der Waals surface area contributed by atoms with Crippen LogP contribution in [0.15, 0.2) is 52.9 Å². The highest BCUT2D eigenvalue weighted by atomic mass is 19.1. The molecule has 1 fully saturated rings. The van der Waals surface area contributed by atoms with Crippen molar-refractivity contribution in [2.75, 3.05) is 19.6 Å². The molecule has 2 heterocycles. The van der Waals surface area contributed by atoms with Crippen molar-refractivity contribution in [2.24, 2.45) is 0 Å². The normalized spacial score (nSPS) is 15.2. The van der Waals surface area contributed by atoms with Gasteiger partial charge in [0.05, 0.1) is 0 Å². The van der Waals surface area contributed by atoms with Crippen LogP contribution in [0.4, 0.5) is 9.18 Å². The van der Waals surface area contributed by atoms with Crippen molar-refractivity contribution in [3.8, 4) is 0 Å². The number of nitrogens with one attached hydrogen (secondary N) is 1. The van der Waals surface area contributed by atoms with Crippen LogP contribution in [0.5, 0.6) is 0 Å². The lowest BCUT2D eigenvalue weighted by atomic mass is 9.97. The van der Waals surface area contributed by atoms with E-state index in [4.69, 9.17) is 4.42 Å². The molecular weight excluding hydrogens is 345 g/mol. The van der Waals surface area contributed by atoms with Gasteiger partial charge in [0.25, 0.3) is 0 Å². The van der Waals surface area contributed by atoms with Gasteiger partial charge in [-0.3, -0.25) is 0 Å². The highest BCUT2D eigenvalue weighted by Crippen LogP contribution is 2.29. The van der Waals surface area contributed by atoms with Crippen molar-refractivity contribution < 1.29 is 13.6 Å². The predicted molar refractivity (Wildman–Crippen MR) is 101 cm³/mol. The van der Waals surface area contributed by atoms with Gasteiger partial charge in [-0.05, 0) is 49.1 Å². The Labute approximate surface area is 157 Å². The van der Waals surface area contributed by atoms with Gasteiger partial charge in [0.15, 0.2) is 11.5 Å². The second kappa shape index (κ2) is 7.78. The largest absolute Gasteiger partial charge is 0.440 e. The Morgan fingerprint density at radius 2 is 1.89 bits per heavy atom. The summed E-state index contributed by atoms with van der Waals surface area (Å²) in [6.07, 6.45) is 2.38. The number of hydrogen-bond acceptors (Lipinski definition) is 3. The molecule has 1 saturated heterocycles. The Morgan fingerprint density at radius 1 is 1.15 bits per heavy atom. The van der Waals surface area contributed by atoms with Crippen molar-refractivity contribution in [1.82, 2.24) is 15.2 Å². The molecule has 1 N–H and O–H groups in total. The fourth-order valence-corrected chi connectivity index (χ4v) is 3.47. The number of carbonyl (C=O) groups is 1. The Bertz CT molecular complexity index is 882. The van der Waals surface area contributed by atoms with Crippen LogP contribution < -0.4 is 5.32 Å². The first-order valence-corrected chi connectivity index (χ1v) is 9.32. The number of likely N-dealkylation sites (tertiary alicyclic amines) is 1. The lowest BCUT2D eigenvalue weighted by Crippen LogP contribution is -2.44. The Hall–Kier alpha value is -2.89. The van der Waals surface area contributed by atoms with Crippen LogP contribution in [0, 0.1) is 5.82 Å². The second-order valence-corrected chi connectivity index (χ2v) is 6.89. The van der Waals surface area contributed by atoms with Gasteiger partial charge >= 0.3 is 6.03 Å². The van der Waals surface area contributed by atoms with E-state index in [1.807, 2.05) is 29.2 Å². The number of fused-ring (bicyclic) bond motifs is 1. The molecule has 140 valence electrons. The molecule has 1 aromatic heterocycles. The van der Waals surface area contributed by atoms with Crippen LogP contribution in [0.3, 0.4) is 0 Å². The highest BCUT2D eigenvalue weighted by Gasteiger charge is 2.26. The number of nitrogens with zero attached hydrogens (tertiary/aromatic N) is 2. The lowest BCUT2D eigenvalue weighted by Gasteiger charge is -2.30. The summed E-state index contributed by atoms with van der Waals surface area (Å²) in [7, 11) is 0. The number of piperidine rings is 1. The Kier molecular flexibility index (Phi) is 5.05. The molecule has 2 aromatic carbocycles. The van der Waals surface area contributed by atoms with Crippen molar-refractivity contribution in [3.05, 3.63) is 65.8 Å². The average Bonchev–Trinajstić information content (AvgIpc) is 3.14. The van der Waals surface area contributed by atoms with E-state index in [1.54, 1.807) is 12.1 Å². The van der Waals surface area contributed by atoms with Crippen molar-refractivity contribution in [3.63, 3.8) is 0 Å². The van der Waals surface area contributed by atoms with E-state index in [1.165, 1.54) is 12.1 Å². The van der Waals surface area contributed by atoms with Gasteiger partial charge in [0.1, 0.15) is 11.3 Å². The van der Waals surface area contributed by atoms with E-state index >= 15 is 0 Å². The van der Waals surface area contributed by atoms with Gasteiger partial charge in [-0.25, -0.2) is 14.2 Å². The summed E-state index contributed by atoms with van der Waals surface area (Å²) < 4.78 is 18.8. The summed E-state index contributed by atoms with van der Waals surface area (Å²) in [6.45, 7) is 1.91. The second-order valence-electron chi connectivity index (χ2n) is 6.89. The molecule has 0 atom stereocenters. The molecule has 27 heavy (non-hydrogen) atoms. The summed E-state index contributed by atoms with van der Waals surface area (Å²) in [5, 5.41) is 2.95. The predicted octanol–water partition coefficient (Wildman–Crippen LogP) is 4.10. The number of para-hydroxylation sites is 2. The van der Waals surface area contributed by atoms with Crippen LogP contribution >= 0.6 is 0 Å². The monoisotopic (exact) mass is 367 g/mol. The maximum atomic E-state index is 12.9. The molecule has 0 bridgehead atoms. The number of hydrogen-bond donors (Lipinski definition) is 1. The molecule has 0 aliphatic carbocycles. The van der Waals surface area contributed by atoms with Crippen molar-refractivity contribution in [1.29, 1.82) is 0 Å². The number of oxazole rings is 1. The zero-order valence-electron chi connectivity index (χ0n) is 15.0. The smallest absolute Gasteiger partial charge is 0.317 e. The standard InChI is InChI=1S/C21H22FN3O2/c22-17-7-5-15(6-8-17)9-12-23-21(26)25-13-10-16(11-14-25)20-24-18-3-1-2-4-19(18)27-20/h1-8,16H,9-14H2,(H,23,26). The van der Waals surface area contributed by atoms with Gasteiger partial charge in [-0.15, -0.1) is 0 Å². The zero-order chi connectivity index (χ0) is 18.6. The van der Waals surface area contributed by atoms with Crippen LogP contribution in [0.2, 0.25) is 0 Å². The number of carbonyl (C=O) groups excluding carboxylic acids is 1. The van der Waals surface area contributed by atoms with Crippen molar-refractivity contribution in [2.45, 2.75) is 25.2 Å². The number of rotatable bonds is 4. The molecule has 0 radical (unpaired) electrons. The number of halogens is 1. The summed E-state index contributed by atoms with van der Waals surface area (Å²) in [6, 6.07) is 14.1. The van der Waals surface area contributed by atoms with E-state index in [0.717, 1.165) is 35.4 Å². The summed E-state index contributed by atoms with van der Waals surface area (Å²) >= 11 is 0. The van der Waals surface area contributed by atoms with Crippen molar-refractivity contribution >= 4 is 17.1 Å². The topological polar surface area (TPSA) is 58.4 Å². The minimum atomic E-state index is -0.246. The van der Waals surface area contributed by atoms with E-state index in [9.17, 15) is 9.18 Å². The first-order chi connectivity index (χ1) is 13.2. The zero-order valence-corrected chi connectivity index (χ0v) is 15.0. The number of benzene rings is 2. The lowest BCUT2D eigenvalue weighted by molar-refractivity contribution is 0.178. The SMILES string of the molecule is O=C(NCCc1ccc(F)cc1)N1CCC(c2nc3ccccc3o2)CC1. The maximum Gasteiger partial charge on any atom is 0.317 e. The minimum Gasteiger partial charge on any atom is -0.440 e. The molecule has 3 aromatic rings. The molecule has 6 heteroatoms. The maximum absolute atomic E-state index is 12.9. The Morgan fingerprint density at radius 3 is 2.63 bits per heavy atom. The third-order valence-electron chi connectivity index (χ3n) is 5.04. The quantitative estimate of drug-likeness (QED) is 0.755. The summed E-state index contributed by atoms with van der Waals surface area (Å²) in [5.41, 5.74) is 2.70. The van der Waals surface area contributed by atoms with E-state index in [-0.39, 0.29) is 17.8 Å². The molecule has 4 rings (SSSR count). The minimum absolute atomic E-state index is 0.0480. The van der Waals surface area contributed by atoms with Crippen LogP contribution in [-0.4, -0.2) is 35.5 Å². The van der Waals surface area contributed by atoms with Gasteiger partial charge in [-0.2, -0.15) is 0 Å². The first kappa shape index (κ1) is 17.5. The molecule has 0 unspecified atom stereocenters. The van der Waals surface area contributed by atoms with E-state index in [0.29, 0.717) is 26.1 Å². The van der Waals surface area contributed by atoms with Gasteiger partial charge in [0.2, 0.25) is 0 Å². The fraction of sp³-hybridized carbons (Fsp3) is 0.333. The van der Waals surface area contributed by atoms with Gasteiger partial charge in [-0.1, -0.05) is 24.3 Å². The molecular formula is C21H22FN3O2. The number of aromatic nitrogens is 1. The van der Waals surface area contributed by atoms with E-state index < -0.39 is 0 Å². The highest BCUT2D eigenvalue weighted by molar-refractivity contribution is 5.74. The molecule has 0 spiro atoms. The summed E-state index contributed by atoms with van der Waals surface area (Å²) in [5.74, 6) is 0.776. The fourth-order valence-electron chi connectivity index (χ4n) is 3.47. The molecule has 1 aliphatic heterocycles. The van der Waals surface area contributed by atoms with Crippen LogP contribution in [-0.2, 0) is 6.42 Å². The third-order valence-corrected chi connectivity index (χ3v) is 5.04. The number of urea groups is 1. The molecule has 1 aliphatic rings. The van der Waals surface area contributed by atoms with Gasteiger partial charge in [0, 0.05) is 25.6 Å². The molecule has 0 saturated carbocycles. The van der Waals surface area contributed by atoms with Gasteiger partial charge < -0.3 is 14.6 Å². The molecule has 2 amide bonds. The average molecular weight is 367 g/mol. The first-order valence-electron chi connectivity index (χ1n) is 9.32. The third kappa shape index (κ3) is 4.10. The molecule has 5 nitrogen and oxygen atoms in total. The summed E-state index contributed by atoms with van der Waals surface area (Å²) in [4.78, 5) is 18.8.